The van der Waals surface area contributed by atoms with Crippen LogP contribution in [0.25, 0.3) is 10.9 Å². The summed E-state index contributed by atoms with van der Waals surface area (Å²) in [5, 5.41) is 21.8. The number of Topliss-reactive ketones (excluding diaryl/α,β-unsaturated/α-hetero) is 1. The van der Waals surface area contributed by atoms with Gasteiger partial charge < -0.3 is 10.4 Å². The van der Waals surface area contributed by atoms with Gasteiger partial charge in [0, 0.05) is 30.5 Å². The molecule has 134 valence electrons. The summed E-state index contributed by atoms with van der Waals surface area (Å²) in [7, 11) is 0. The third kappa shape index (κ3) is 3.73. The molecule has 1 amide bonds. The van der Waals surface area contributed by atoms with Crippen molar-refractivity contribution in [2.24, 2.45) is 11.8 Å². The normalized spacial score (nSPS) is 19.2. The Labute approximate surface area is 151 Å². The lowest BCUT2D eigenvalue weighted by molar-refractivity contribution is -0.123. The molecule has 0 spiro atoms. The van der Waals surface area contributed by atoms with Crippen LogP contribution in [0.4, 0.5) is 0 Å². The summed E-state index contributed by atoms with van der Waals surface area (Å²) >= 11 is 0. The van der Waals surface area contributed by atoms with Crippen molar-refractivity contribution in [1.82, 2.24) is 10.3 Å². The molecule has 1 heterocycles. The number of hydrogen-bond donors (Lipinski definition) is 2. The average molecular weight is 351 g/mol. The monoisotopic (exact) mass is 351 g/mol. The zero-order valence-corrected chi connectivity index (χ0v) is 14.4. The number of hydrogen-bond acceptors (Lipinski definition) is 5. The van der Waals surface area contributed by atoms with Gasteiger partial charge in [0.1, 0.15) is 5.78 Å². The minimum absolute atomic E-state index is 0.0570. The number of fused-ring (bicyclic) bond motifs is 1. The largest absolute Gasteiger partial charge is 0.392 e. The van der Waals surface area contributed by atoms with Crippen LogP contribution in [-0.4, -0.2) is 28.3 Å². The minimum atomic E-state index is -0.259. The molecule has 1 aliphatic carbocycles. The van der Waals surface area contributed by atoms with E-state index in [1.165, 1.54) is 0 Å². The molecular formula is C20H21N3O3. The molecule has 0 aliphatic heterocycles. The Hall–Kier alpha value is -2.78. The molecule has 2 aromatic rings. The van der Waals surface area contributed by atoms with Crippen molar-refractivity contribution < 1.29 is 14.7 Å². The molecule has 1 saturated carbocycles. The maximum atomic E-state index is 12.5. The Bertz CT molecular complexity index is 872. The van der Waals surface area contributed by atoms with Gasteiger partial charge in [0.15, 0.2) is 0 Å². The molecule has 0 radical (unpaired) electrons. The van der Waals surface area contributed by atoms with Gasteiger partial charge in [0.2, 0.25) is 0 Å². The molecule has 1 fully saturated rings. The summed E-state index contributed by atoms with van der Waals surface area (Å²) in [5.41, 5.74) is 1.86. The third-order valence-corrected chi connectivity index (χ3v) is 4.99. The summed E-state index contributed by atoms with van der Waals surface area (Å²) in [4.78, 5) is 29.0. The zero-order chi connectivity index (χ0) is 18.5. The van der Waals surface area contributed by atoms with Crippen molar-refractivity contribution in [3.05, 3.63) is 41.6 Å². The lowest BCUT2D eigenvalue weighted by Crippen LogP contribution is -2.28. The fraction of sp³-hybridized carbons (Fsp3) is 0.400. The number of aromatic nitrogens is 1. The quantitative estimate of drug-likeness (QED) is 0.831. The fourth-order valence-corrected chi connectivity index (χ4v) is 3.57. The number of amides is 1. The van der Waals surface area contributed by atoms with E-state index in [2.05, 4.69) is 16.4 Å². The number of nitrogens with one attached hydrogen (secondary N) is 1. The van der Waals surface area contributed by atoms with Crippen molar-refractivity contribution in [3.8, 4) is 6.07 Å². The van der Waals surface area contributed by atoms with Crippen molar-refractivity contribution in [2.75, 3.05) is 6.54 Å². The molecule has 2 N–H and O–H groups in total. The molecule has 0 saturated heterocycles. The van der Waals surface area contributed by atoms with E-state index in [9.17, 15) is 14.7 Å². The Morgan fingerprint density at radius 3 is 2.92 bits per heavy atom. The van der Waals surface area contributed by atoms with E-state index < -0.39 is 0 Å². The van der Waals surface area contributed by atoms with Crippen molar-refractivity contribution in [3.63, 3.8) is 0 Å². The van der Waals surface area contributed by atoms with E-state index in [4.69, 9.17) is 5.26 Å². The Morgan fingerprint density at radius 2 is 2.15 bits per heavy atom. The van der Waals surface area contributed by atoms with Gasteiger partial charge in [-0.05, 0) is 30.5 Å². The van der Waals surface area contributed by atoms with Crippen LogP contribution in [0.2, 0.25) is 0 Å². The number of rotatable bonds is 6. The predicted octanol–water partition coefficient (Wildman–Crippen LogP) is 2.36. The summed E-state index contributed by atoms with van der Waals surface area (Å²) in [5.74, 6) is -0.564. The summed E-state index contributed by atoms with van der Waals surface area (Å²) in [6, 6.07) is 9.13. The van der Waals surface area contributed by atoms with Crippen LogP contribution in [0.5, 0.6) is 0 Å². The van der Waals surface area contributed by atoms with Gasteiger partial charge in [0.05, 0.1) is 29.7 Å². The van der Waals surface area contributed by atoms with Gasteiger partial charge in [-0.3, -0.25) is 14.6 Å². The lowest BCUT2D eigenvalue weighted by atomic mass is 9.91. The topological polar surface area (TPSA) is 103 Å². The first-order valence-corrected chi connectivity index (χ1v) is 8.83. The molecule has 1 unspecified atom stereocenters. The van der Waals surface area contributed by atoms with Crippen LogP contribution in [0.1, 0.15) is 41.6 Å². The maximum absolute atomic E-state index is 12.5. The second-order valence-electron chi connectivity index (χ2n) is 6.61. The van der Waals surface area contributed by atoms with Crippen LogP contribution in [-0.2, 0) is 11.4 Å². The molecule has 26 heavy (non-hydrogen) atoms. The van der Waals surface area contributed by atoms with Gasteiger partial charge >= 0.3 is 0 Å². The van der Waals surface area contributed by atoms with E-state index >= 15 is 0 Å². The number of aliphatic hydroxyl groups is 1. The highest BCUT2D eigenvalue weighted by Gasteiger charge is 2.32. The number of ketones is 1. The first kappa shape index (κ1) is 18.0. The molecule has 1 aromatic carbocycles. The minimum Gasteiger partial charge on any atom is -0.392 e. The third-order valence-electron chi connectivity index (χ3n) is 4.99. The fourth-order valence-electron chi connectivity index (χ4n) is 3.57. The molecule has 1 aliphatic rings. The standard InChI is InChI=1S/C20H21N3O3/c21-11-14-2-1-3-15(14)19(25)7-9-23-20(26)17-6-8-22-18-10-13(12-24)4-5-16(17)18/h4-6,8,10,14-15,24H,1-3,7,9,12H2,(H,23,26)/t14-,15?/m0/s1. The maximum Gasteiger partial charge on any atom is 0.252 e. The first-order valence-electron chi connectivity index (χ1n) is 8.83. The molecule has 6 nitrogen and oxygen atoms in total. The van der Waals surface area contributed by atoms with Gasteiger partial charge in [-0.25, -0.2) is 0 Å². The van der Waals surface area contributed by atoms with E-state index in [0.717, 1.165) is 24.8 Å². The van der Waals surface area contributed by atoms with Gasteiger partial charge in [-0.2, -0.15) is 5.26 Å². The Balaban J connectivity index is 1.63. The lowest BCUT2D eigenvalue weighted by Gasteiger charge is -2.12. The second kappa shape index (κ2) is 8.07. The van der Waals surface area contributed by atoms with E-state index in [-0.39, 0.29) is 43.1 Å². The summed E-state index contributed by atoms with van der Waals surface area (Å²) < 4.78 is 0. The van der Waals surface area contributed by atoms with Crippen LogP contribution in [0.15, 0.2) is 30.5 Å². The average Bonchev–Trinajstić information content (AvgIpc) is 3.15. The number of benzene rings is 1. The number of nitrogens with zero attached hydrogens (tertiary/aromatic N) is 2. The van der Waals surface area contributed by atoms with Gasteiger partial charge in [0.25, 0.3) is 5.91 Å². The number of pyridine rings is 1. The Kier molecular flexibility index (Phi) is 5.59. The van der Waals surface area contributed by atoms with E-state index in [1.54, 1.807) is 30.5 Å². The van der Waals surface area contributed by atoms with Crippen LogP contribution >= 0.6 is 0 Å². The first-order chi connectivity index (χ1) is 12.6. The highest BCUT2D eigenvalue weighted by Crippen LogP contribution is 2.32. The SMILES string of the molecule is N#C[C@@H]1CCCC1C(=O)CCNC(=O)c1ccnc2cc(CO)ccc12. The second-order valence-corrected chi connectivity index (χ2v) is 6.61. The number of carbonyl (C=O) groups excluding carboxylic acids is 2. The van der Waals surface area contributed by atoms with Crippen LogP contribution < -0.4 is 5.32 Å². The predicted molar refractivity (Wildman–Crippen MR) is 96.1 cm³/mol. The summed E-state index contributed by atoms with van der Waals surface area (Å²) in [6.07, 6.45) is 4.27. The molecule has 6 heteroatoms. The van der Waals surface area contributed by atoms with Crippen molar-refractivity contribution in [1.29, 1.82) is 5.26 Å². The van der Waals surface area contributed by atoms with E-state index in [0.29, 0.717) is 16.5 Å². The number of nitriles is 1. The molecule has 2 atom stereocenters. The van der Waals surface area contributed by atoms with Crippen LogP contribution in [0.3, 0.4) is 0 Å². The Morgan fingerprint density at radius 1 is 1.31 bits per heavy atom. The highest BCUT2D eigenvalue weighted by atomic mass is 16.3. The highest BCUT2D eigenvalue weighted by molar-refractivity contribution is 6.06. The smallest absolute Gasteiger partial charge is 0.252 e. The van der Waals surface area contributed by atoms with E-state index in [1.807, 2.05) is 0 Å². The molecule has 3 rings (SSSR count). The van der Waals surface area contributed by atoms with Crippen molar-refractivity contribution in [2.45, 2.75) is 32.3 Å². The number of aliphatic hydroxyl groups excluding tert-OH is 1. The molecular weight excluding hydrogens is 330 g/mol. The number of carbonyl (C=O) groups is 2. The molecule has 1 aromatic heterocycles. The van der Waals surface area contributed by atoms with Crippen molar-refractivity contribution >= 4 is 22.6 Å². The van der Waals surface area contributed by atoms with Gasteiger partial charge in [-0.1, -0.05) is 18.6 Å². The van der Waals surface area contributed by atoms with Gasteiger partial charge in [-0.15, -0.1) is 0 Å². The van der Waals surface area contributed by atoms with Crippen LogP contribution in [0, 0.1) is 23.2 Å². The summed E-state index contributed by atoms with van der Waals surface area (Å²) in [6.45, 7) is 0.172. The zero-order valence-electron chi connectivity index (χ0n) is 14.4. The molecule has 0 bridgehead atoms.